The van der Waals surface area contributed by atoms with Gasteiger partial charge >= 0.3 is 0 Å². The molecule has 0 rings (SSSR count). The van der Waals surface area contributed by atoms with Crippen LogP contribution in [0.4, 0.5) is 0 Å². The molecule has 0 aromatic heterocycles. The van der Waals surface area contributed by atoms with Gasteiger partial charge in [0.15, 0.2) is 0 Å². The average Bonchev–Trinajstić information content (AvgIpc) is 1.39. The Morgan fingerprint density at radius 1 is 0.389 bits per heavy atom. The maximum Gasteiger partial charge on any atom is 0.231 e. The van der Waals surface area contributed by atoms with Crippen LogP contribution in [0.3, 0.4) is 0 Å². The van der Waals surface area contributed by atoms with Gasteiger partial charge in [0, 0.05) is 0 Å². The lowest BCUT2D eigenvalue weighted by Crippen LogP contribution is -1.16. The van der Waals surface area contributed by atoms with E-state index in [2.05, 4.69) is 0 Å². The predicted octanol–water partition coefficient (Wildman–Crippen LogP) is 7.44. The quantitative estimate of drug-likeness (QED) is 0.356. The largest absolute Gasteiger partial charge is 0.231 e. The van der Waals surface area contributed by atoms with Crippen LogP contribution in [-0.2, 0) is 9.59 Å². The van der Waals surface area contributed by atoms with E-state index in [-0.39, 0.29) is 89.1 Å². The van der Waals surface area contributed by atoms with Crippen molar-refractivity contribution >= 4 is 12.2 Å². The van der Waals surface area contributed by atoms with Crippen LogP contribution in [0.5, 0.6) is 0 Å². The van der Waals surface area contributed by atoms with E-state index >= 15 is 0 Å². The highest BCUT2D eigenvalue weighted by molar-refractivity contribution is 5.26. The van der Waals surface area contributed by atoms with Crippen LogP contribution < -0.4 is 0 Å². The summed E-state index contributed by atoms with van der Waals surface area (Å²) in [5, 5.41) is 10.8. The highest BCUT2D eigenvalue weighted by Gasteiger charge is 1.04. The molecule has 0 saturated carbocycles. The summed E-state index contributed by atoms with van der Waals surface area (Å²) in [5.41, 5.74) is 0. The van der Waals surface area contributed by atoms with Crippen molar-refractivity contribution in [3.8, 4) is 0 Å². The standard InChI is InChI=1S/2CHNO.12CH4/c2*2-1-3;;;;;;;;;;;;/h2*2H;12*1H4. The van der Waals surface area contributed by atoms with Crippen molar-refractivity contribution < 1.29 is 9.59 Å². The third-order valence-electron chi connectivity index (χ3n) is 0. The highest BCUT2D eigenvalue weighted by Crippen LogP contribution is 0.871. The first-order valence-corrected chi connectivity index (χ1v) is 0.908. The Hall–Kier alpha value is -1.24. The van der Waals surface area contributed by atoms with Gasteiger partial charge in [-0.25, -0.2) is 20.4 Å². The lowest BCUT2D eigenvalue weighted by Gasteiger charge is -1.02. The summed E-state index contributed by atoms with van der Waals surface area (Å²) in [7, 11) is 0. The van der Waals surface area contributed by atoms with E-state index in [1.54, 1.807) is 0 Å². The van der Waals surface area contributed by atoms with Gasteiger partial charge in [-0.1, -0.05) is 89.1 Å². The van der Waals surface area contributed by atoms with Crippen LogP contribution in [0.2, 0.25) is 0 Å². The Kier molecular flexibility index (Phi) is 180000. The Bertz CT molecular complexity index is 71.8. The summed E-state index contributed by atoms with van der Waals surface area (Å²) in [6, 6.07) is 0. The van der Waals surface area contributed by atoms with Gasteiger partial charge in [0.1, 0.15) is 0 Å². The highest BCUT2D eigenvalue weighted by atomic mass is 16.1. The molecule has 0 radical (unpaired) electrons. The SMILES string of the molecule is C.C.C.C.C.C.C.C.C.C.C.C.N=C=O.N=C=O. The zero-order valence-electron chi connectivity index (χ0n) is 2.82. The zero-order valence-corrected chi connectivity index (χ0v) is 2.82. The molecular weight excluding hydrogens is 228 g/mol. The lowest BCUT2D eigenvalue weighted by atomic mass is 11.7. The van der Waals surface area contributed by atoms with Crippen LogP contribution in [0.1, 0.15) is 89.1 Å². The van der Waals surface area contributed by atoms with E-state index in [0.29, 0.717) is 0 Å². The van der Waals surface area contributed by atoms with Gasteiger partial charge in [-0.3, -0.25) is 0 Å². The molecular formula is C14H50N2O2. The third kappa shape index (κ3) is 1820. The fraction of sp³-hybridized carbons (Fsp3) is 0.857. The number of rotatable bonds is 0. The Morgan fingerprint density at radius 2 is 0.389 bits per heavy atom. The smallest absolute Gasteiger partial charge is 0.222 e. The molecule has 0 amide bonds. The van der Waals surface area contributed by atoms with Crippen LogP contribution >= 0.6 is 0 Å². The molecule has 0 aliphatic heterocycles. The zero-order chi connectivity index (χ0) is 5.41. The molecule has 0 fully saturated rings. The second kappa shape index (κ2) is 5940. The minimum absolute atomic E-state index is 0. The van der Waals surface area contributed by atoms with Gasteiger partial charge < -0.3 is 0 Å². The first kappa shape index (κ1) is 546. The van der Waals surface area contributed by atoms with E-state index in [4.69, 9.17) is 20.4 Å². The summed E-state index contributed by atoms with van der Waals surface area (Å²) in [6.45, 7) is 0. The monoisotopic (exact) mass is 278 g/mol. The molecule has 0 spiro atoms. The molecule has 0 aromatic carbocycles. The third-order valence-corrected chi connectivity index (χ3v) is 0. The second-order valence-corrected chi connectivity index (χ2v) is 0.204. The van der Waals surface area contributed by atoms with Crippen molar-refractivity contribution in [2.75, 3.05) is 0 Å². The number of isocyanates is 2. The summed E-state index contributed by atoms with van der Waals surface area (Å²) < 4.78 is 0. The summed E-state index contributed by atoms with van der Waals surface area (Å²) in [6.07, 6.45) is 1.50. The maximum atomic E-state index is 8.35. The molecule has 0 unspecified atom stereocenters. The van der Waals surface area contributed by atoms with E-state index < -0.39 is 0 Å². The van der Waals surface area contributed by atoms with E-state index in [1.807, 2.05) is 0 Å². The van der Waals surface area contributed by atoms with Crippen LogP contribution in [0.25, 0.3) is 0 Å². The molecule has 0 saturated heterocycles. The minimum Gasteiger partial charge on any atom is -0.222 e. The molecule has 4 heteroatoms. The van der Waals surface area contributed by atoms with Gasteiger partial charge in [0.25, 0.3) is 0 Å². The first-order valence-electron chi connectivity index (χ1n) is 0.908. The van der Waals surface area contributed by atoms with Gasteiger partial charge in [-0.05, 0) is 0 Å². The van der Waals surface area contributed by atoms with Gasteiger partial charge in [-0.15, -0.1) is 0 Å². The first-order chi connectivity index (χ1) is 2.83. The molecule has 0 bridgehead atoms. The maximum absolute atomic E-state index is 8.35. The van der Waals surface area contributed by atoms with Crippen molar-refractivity contribution in [1.82, 2.24) is 0 Å². The van der Waals surface area contributed by atoms with Crippen molar-refractivity contribution in [2.24, 2.45) is 0 Å². The molecule has 0 atom stereocenters. The van der Waals surface area contributed by atoms with Gasteiger partial charge in [0.2, 0.25) is 12.2 Å². The molecule has 0 heterocycles. The average molecular weight is 279 g/mol. The number of nitrogens with one attached hydrogen (secondary N) is 2. The summed E-state index contributed by atoms with van der Waals surface area (Å²) in [5.74, 6) is 0. The Balaban J connectivity index is -0.000000000889. The van der Waals surface area contributed by atoms with Crippen LogP contribution in [-0.4, -0.2) is 12.2 Å². The van der Waals surface area contributed by atoms with Gasteiger partial charge in [0.05, 0.1) is 0 Å². The molecule has 18 heavy (non-hydrogen) atoms. The molecule has 128 valence electrons. The van der Waals surface area contributed by atoms with E-state index in [1.165, 1.54) is 0 Å². The van der Waals surface area contributed by atoms with E-state index in [0.717, 1.165) is 12.2 Å². The summed E-state index contributed by atoms with van der Waals surface area (Å²) >= 11 is 0. The van der Waals surface area contributed by atoms with Crippen molar-refractivity contribution in [3.63, 3.8) is 0 Å². The minimum atomic E-state index is 0. The van der Waals surface area contributed by atoms with Crippen molar-refractivity contribution in [1.29, 1.82) is 10.8 Å². The normalized spacial score (nSPS) is 0.889. The fourth-order valence-corrected chi connectivity index (χ4v) is 0. The molecule has 0 aromatic rings. The number of hydrogen-bond acceptors (Lipinski definition) is 4. The van der Waals surface area contributed by atoms with Crippen LogP contribution in [0, 0.1) is 10.8 Å². The molecule has 4 nitrogen and oxygen atoms in total. The fourth-order valence-electron chi connectivity index (χ4n) is 0. The number of hydrogen-bond donors (Lipinski definition) is 2. The van der Waals surface area contributed by atoms with Crippen LogP contribution in [0.15, 0.2) is 0 Å². The van der Waals surface area contributed by atoms with Crippen molar-refractivity contribution in [3.05, 3.63) is 0 Å². The Morgan fingerprint density at radius 3 is 0.389 bits per heavy atom. The van der Waals surface area contributed by atoms with Gasteiger partial charge in [-0.2, -0.15) is 0 Å². The van der Waals surface area contributed by atoms with Crippen molar-refractivity contribution in [2.45, 2.75) is 89.1 Å². The second-order valence-electron chi connectivity index (χ2n) is 0.204. The number of carbonyl (C=O) groups excluding carboxylic acids is 2. The predicted molar refractivity (Wildman–Crippen MR) is 97.6 cm³/mol. The topological polar surface area (TPSA) is 81.8 Å². The lowest BCUT2D eigenvalue weighted by molar-refractivity contribution is 0.562. The summed E-state index contributed by atoms with van der Waals surface area (Å²) in [4.78, 5) is 16.7. The molecule has 0 aliphatic carbocycles. The molecule has 0 aliphatic rings. The van der Waals surface area contributed by atoms with E-state index in [9.17, 15) is 0 Å². The molecule has 2 N–H and O–H groups in total. The Labute approximate surface area is 122 Å².